The highest BCUT2D eigenvalue weighted by atomic mass is 19.4. The molecule has 0 aliphatic carbocycles. The van der Waals surface area contributed by atoms with Crippen molar-refractivity contribution in [2.45, 2.75) is 26.4 Å². The van der Waals surface area contributed by atoms with E-state index in [1.54, 1.807) is 13.0 Å². The van der Waals surface area contributed by atoms with E-state index in [1.165, 1.54) is 0 Å². The number of hydrogen-bond donors (Lipinski definition) is 0. The van der Waals surface area contributed by atoms with Gasteiger partial charge in [-0.3, -0.25) is 4.79 Å². The quantitative estimate of drug-likeness (QED) is 0.598. The molecular weight excluding hydrogens is 245 g/mol. The standard InChI is InChI=1S/C13H15F3O2/c1-9-3-4-10(2)11(7-9)12(17)5-6-18-8-13(14,15)16/h3-4,7H,5-6,8H2,1-2H3. The van der Waals surface area contributed by atoms with Crippen molar-refractivity contribution in [1.82, 2.24) is 0 Å². The van der Waals surface area contributed by atoms with Crippen LogP contribution in [-0.4, -0.2) is 25.2 Å². The zero-order valence-corrected chi connectivity index (χ0v) is 10.3. The molecule has 5 heteroatoms. The van der Waals surface area contributed by atoms with Crippen LogP contribution in [0.25, 0.3) is 0 Å². The van der Waals surface area contributed by atoms with Crippen LogP contribution in [0.4, 0.5) is 13.2 Å². The normalized spacial score (nSPS) is 11.6. The van der Waals surface area contributed by atoms with Crippen molar-refractivity contribution in [3.05, 3.63) is 34.9 Å². The maximum Gasteiger partial charge on any atom is 0.411 e. The van der Waals surface area contributed by atoms with Gasteiger partial charge in [-0.15, -0.1) is 0 Å². The third-order valence-corrected chi connectivity index (χ3v) is 2.43. The highest BCUT2D eigenvalue weighted by Gasteiger charge is 2.27. The topological polar surface area (TPSA) is 26.3 Å². The van der Waals surface area contributed by atoms with Gasteiger partial charge in [0.05, 0.1) is 6.61 Å². The third-order valence-electron chi connectivity index (χ3n) is 2.43. The van der Waals surface area contributed by atoms with Gasteiger partial charge in [-0.05, 0) is 25.5 Å². The van der Waals surface area contributed by atoms with Crippen LogP contribution in [0.5, 0.6) is 0 Å². The van der Waals surface area contributed by atoms with Crippen LogP contribution in [0.15, 0.2) is 18.2 Å². The second-order valence-electron chi connectivity index (χ2n) is 4.16. The van der Waals surface area contributed by atoms with Crippen molar-refractivity contribution >= 4 is 5.78 Å². The molecule has 0 saturated carbocycles. The molecule has 0 aromatic heterocycles. The van der Waals surface area contributed by atoms with Crippen LogP contribution in [0.2, 0.25) is 0 Å². The number of carbonyl (C=O) groups excluding carboxylic acids is 1. The number of ether oxygens (including phenoxy) is 1. The van der Waals surface area contributed by atoms with Crippen LogP contribution in [0.3, 0.4) is 0 Å². The number of ketones is 1. The second-order valence-corrected chi connectivity index (χ2v) is 4.16. The fourth-order valence-electron chi connectivity index (χ4n) is 1.52. The molecule has 1 aromatic rings. The van der Waals surface area contributed by atoms with E-state index in [2.05, 4.69) is 4.74 Å². The highest BCUT2D eigenvalue weighted by molar-refractivity contribution is 5.97. The first-order chi connectivity index (χ1) is 8.29. The lowest BCUT2D eigenvalue weighted by Crippen LogP contribution is -2.18. The lowest BCUT2D eigenvalue weighted by Gasteiger charge is -2.08. The summed E-state index contributed by atoms with van der Waals surface area (Å²) < 4.78 is 39.8. The smallest absolute Gasteiger partial charge is 0.372 e. The zero-order valence-electron chi connectivity index (χ0n) is 10.3. The molecule has 0 atom stereocenters. The summed E-state index contributed by atoms with van der Waals surface area (Å²) in [5.41, 5.74) is 2.31. The summed E-state index contributed by atoms with van der Waals surface area (Å²) in [5.74, 6) is -0.196. The summed E-state index contributed by atoms with van der Waals surface area (Å²) in [4.78, 5) is 11.8. The molecular formula is C13H15F3O2. The first-order valence-electron chi connectivity index (χ1n) is 5.54. The number of benzene rings is 1. The van der Waals surface area contributed by atoms with Gasteiger partial charge in [0.15, 0.2) is 5.78 Å². The summed E-state index contributed by atoms with van der Waals surface area (Å²) in [6.45, 7) is 2.12. The number of halogens is 3. The number of hydrogen-bond acceptors (Lipinski definition) is 2. The molecule has 0 spiro atoms. The molecule has 0 radical (unpaired) electrons. The number of Topliss-reactive ketones (excluding diaryl/α,β-unsaturated/α-hetero) is 1. The van der Waals surface area contributed by atoms with Gasteiger partial charge in [-0.25, -0.2) is 0 Å². The van der Waals surface area contributed by atoms with Crippen LogP contribution in [0, 0.1) is 13.8 Å². The molecule has 0 aliphatic heterocycles. The zero-order chi connectivity index (χ0) is 13.8. The minimum atomic E-state index is -4.34. The molecule has 0 fully saturated rings. The first-order valence-corrected chi connectivity index (χ1v) is 5.54. The molecule has 1 aromatic carbocycles. The number of rotatable bonds is 5. The van der Waals surface area contributed by atoms with Crippen molar-refractivity contribution < 1.29 is 22.7 Å². The molecule has 0 bridgehead atoms. The summed E-state index contributed by atoms with van der Waals surface area (Å²) in [5, 5.41) is 0. The summed E-state index contributed by atoms with van der Waals surface area (Å²) >= 11 is 0. The van der Waals surface area contributed by atoms with Crippen molar-refractivity contribution in [2.24, 2.45) is 0 Å². The number of aryl methyl sites for hydroxylation is 2. The second kappa shape index (κ2) is 6.00. The van der Waals surface area contributed by atoms with Crippen molar-refractivity contribution in [1.29, 1.82) is 0 Å². The lowest BCUT2D eigenvalue weighted by molar-refractivity contribution is -0.173. The Morgan fingerprint density at radius 1 is 1.28 bits per heavy atom. The van der Waals surface area contributed by atoms with E-state index in [4.69, 9.17) is 0 Å². The average Bonchev–Trinajstić information content (AvgIpc) is 2.26. The van der Waals surface area contributed by atoms with Crippen LogP contribution < -0.4 is 0 Å². The fourth-order valence-corrected chi connectivity index (χ4v) is 1.52. The fraction of sp³-hybridized carbons (Fsp3) is 0.462. The van der Waals surface area contributed by atoms with E-state index in [0.717, 1.165) is 11.1 Å². The Hall–Kier alpha value is -1.36. The summed E-state index contributed by atoms with van der Waals surface area (Å²) in [6, 6.07) is 5.44. The SMILES string of the molecule is Cc1ccc(C)c(C(=O)CCOCC(F)(F)F)c1. The monoisotopic (exact) mass is 260 g/mol. The number of alkyl halides is 3. The van der Waals surface area contributed by atoms with E-state index >= 15 is 0 Å². The largest absolute Gasteiger partial charge is 0.411 e. The predicted molar refractivity (Wildman–Crippen MR) is 61.7 cm³/mol. The highest BCUT2D eigenvalue weighted by Crippen LogP contribution is 2.16. The van der Waals surface area contributed by atoms with E-state index in [-0.39, 0.29) is 18.8 Å². The molecule has 0 amide bonds. The Labute approximate surface area is 104 Å². The molecule has 0 unspecified atom stereocenters. The van der Waals surface area contributed by atoms with Crippen LogP contribution in [0.1, 0.15) is 27.9 Å². The number of carbonyl (C=O) groups is 1. The van der Waals surface area contributed by atoms with Crippen molar-refractivity contribution in [3.8, 4) is 0 Å². The molecule has 0 aliphatic rings. The van der Waals surface area contributed by atoms with Gasteiger partial charge in [0, 0.05) is 12.0 Å². The minimum absolute atomic E-state index is 0.0413. The average molecular weight is 260 g/mol. The van der Waals surface area contributed by atoms with E-state index in [9.17, 15) is 18.0 Å². The minimum Gasteiger partial charge on any atom is -0.372 e. The van der Waals surface area contributed by atoms with Gasteiger partial charge in [0.1, 0.15) is 6.61 Å². The molecule has 2 nitrogen and oxygen atoms in total. The Morgan fingerprint density at radius 2 is 1.94 bits per heavy atom. The van der Waals surface area contributed by atoms with Crippen LogP contribution in [-0.2, 0) is 4.74 Å². The third kappa shape index (κ3) is 4.87. The van der Waals surface area contributed by atoms with Crippen molar-refractivity contribution in [3.63, 3.8) is 0 Å². The van der Waals surface area contributed by atoms with Gasteiger partial charge < -0.3 is 4.74 Å². The molecule has 100 valence electrons. The van der Waals surface area contributed by atoms with Gasteiger partial charge >= 0.3 is 6.18 Å². The maximum atomic E-state index is 11.8. The molecule has 18 heavy (non-hydrogen) atoms. The molecule has 0 saturated heterocycles. The Kier molecular flexibility index (Phi) is 4.90. The molecule has 0 heterocycles. The van der Waals surface area contributed by atoms with E-state index < -0.39 is 12.8 Å². The molecule has 1 rings (SSSR count). The first kappa shape index (κ1) is 14.7. The van der Waals surface area contributed by atoms with Gasteiger partial charge in [0.25, 0.3) is 0 Å². The Bertz CT molecular complexity index is 425. The van der Waals surface area contributed by atoms with E-state index in [0.29, 0.717) is 5.56 Å². The van der Waals surface area contributed by atoms with Crippen LogP contribution >= 0.6 is 0 Å². The Morgan fingerprint density at radius 3 is 2.56 bits per heavy atom. The van der Waals surface area contributed by atoms with Gasteiger partial charge in [-0.1, -0.05) is 17.7 Å². The predicted octanol–water partition coefficient (Wildman–Crippen LogP) is 3.46. The summed E-state index contributed by atoms with van der Waals surface area (Å²) in [7, 11) is 0. The van der Waals surface area contributed by atoms with Crippen molar-refractivity contribution in [2.75, 3.05) is 13.2 Å². The van der Waals surface area contributed by atoms with E-state index in [1.807, 2.05) is 19.1 Å². The Balaban J connectivity index is 2.48. The van der Waals surface area contributed by atoms with Gasteiger partial charge in [-0.2, -0.15) is 13.2 Å². The van der Waals surface area contributed by atoms with Gasteiger partial charge in [0.2, 0.25) is 0 Å². The maximum absolute atomic E-state index is 11.8. The lowest BCUT2D eigenvalue weighted by atomic mass is 10.0. The summed E-state index contributed by atoms with van der Waals surface area (Å²) in [6.07, 6.45) is -4.39. The molecule has 0 N–H and O–H groups in total.